The van der Waals surface area contributed by atoms with Crippen LogP contribution in [0.15, 0.2) is 54.6 Å². The first kappa shape index (κ1) is 20.9. The molecule has 7 nitrogen and oxygen atoms in total. The molecule has 7 heteroatoms. The normalized spacial score (nSPS) is 20.5. The molecule has 0 bridgehead atoms. The van der Waals surface area contributed by atoms with Crippen LogP contribution in [-0.4, -0.2) is 38.4 Å². The summed E-state index contributed by atoms with van der Waals surface area (Å²) in [6, 6.07) is 17.9. The van der Waals surface area contributed by atoms with Crippen LogP contribution in [0.3, 0.4) is 0 Å². The second-order valence-corrected chi connectivity index (χ2v) is 8.86. The highest BCUT2D eigenvalue weighted by atomic mass is 16.7. The molecule has 0 saturated carbocycles. The summed E-state index contributed by atoms with van der Waals surface area (Å²) in [5, 5.41) is 3.41. The number of carbonyl (C=O) groups excluding carboxylic acids is 1. The van der Waals surface area contributed by atoms with E-state index in [-0.39, 0.29) is 18.8 Å². The average molecular weight is 459 g/mol. The Morgan fingerprint density at radius 1 is 1.12 bits per heavy atom. The van der Waals surface area contributed by atoms with Gasteiger partial charge in [-0.15, -0.1) is 0 Å². The summed E-state index contributed by atoms with van der Waals surface area (Å²) in [5.74, 6) is 1.68. The van der Waals surface area contributed by atoms with Gasteiger partial charge in [0, 0.05) is 29.9 Å². The zero-order chi connectivity index (χ0) is 23.2. The molecule has 3 aliphatic rings. The summed E-state index contributed by atoms with van der Waals surface area (Å²) in [6.45, 7) is 1.69. The lowest BCUT2D eigenvalue weighted by atomic mass is 9.85. The molecular formula is C27H26N2O5. The number of hydrogen-bond donors (Lipinski definition) is 1. The molecule has 0 aromatic heterocycles. The largest absolute Gasteiger partial charge is 0.492 e. The van der Waals surface area contributed by atoms with Gasteiger partial charge in [-0.3, -0.25) is 4.90 Å². The monoisotopic (exact) mass is 458 g/mol. The number of cyclic esters (lactones) is 1. The van der Waals surface area contributed by atoms with Crippen LogP contribution >= 0.6 is 0 Å². The van der Waals surface area contributed by atoms with E-state index in [0.717, 1.165) is 35.3 Å². The number of nitrogens with zero attached hydrogens (tertiary/aromatic N) is 1. The Hall–Kier alpha value is -3.71. The fourth-order valence-corrected chi connectivity index (χ4v) is 5.22. The van der Waals surface area contributed by atoms with E-state index >= 15 is 0 Å². The summed E-state index contributed by atoms with van der Waals surface area (Å²) >= 11 is 0. The van der Waals surface area contributed by atoms with Gasteiger partial charge in [0.15, 0.2) is 11.5 Å². The minimum absolute atomic E-state index is 0.176. The first-order chi connectivity index (χ1) is 16.6. The standard InChI is InChI=1S/C27H26N2O5/c1-29-11-10-17-12-21-25(33-15-32-21)26(31-2)22(17)23(29)24-19-9-8-18(13-20(19)27(30)34-24)28-14-16-6-4-3-5-7-16/h3-9,12-13,23-24,28H,10-11,14-15H2,1-2H3. The number of nitrogens with one attached hydrogen (secondary N) is 1. The molecule has 0 fully saturated rings. The quantitative estimate of drug-likeness (QED) is 0.566. The Bertz CT molecular complexity index is 1260. The molecular weight excluding hydrogens is 432 g/mol. The van der Waals surface area contributed by atoms with E-state index in [1.165, 1.54) is 5.56 Å². The van der Waals surface area contributed by atoms with Crippen molar-refractivity contribution in [1.29, 1.82) is 0 Å². The highest BCUT2D eigenvalue weighted by molar-refractivity contribution is 5.95. The van der Waals surface area contributed by atoms with E-state index in [1.807, 2.05) is 42.5 Å². The number of anilines is 1. The topological polar surface area (TPSA) is 69.3 Å². The van der Waals surface area contributed by atoms with E-state index in [4.69, 9.17) is 18.9 Å². The van der Waals surface area contributed by atoms with Crippen molar-refractivity contribution in [2.75, 3.05) is 32.8 Å². The van der Waals surface area contributed by atoms with Crippen LogP contribution in [0.4, 0.5) is 5.69 Å². The maximum atomic E-state index is 13.0. The number of carbonyl (C=O) groups is 1. The maximum Gasteiger partial charge on any atom is 0.339 e. The molecule has 0 aliphatic carbocycles. The molecule has 34 heavy (non-hydrogen) atoms. The smallest absolute Gasteiger partial charge is 0.339 e. The molecule has 6 rings (SSSR count). The number of hydrogen-bond acceptors (Lipinski definition) is 7. The Kier molecular flexibility index (Phi) is 5.07. The van der Waals surface area contributed by atoms with E-state index in [9.17, 15) is 4.79 Å². The van der Waals surface area contributed by atoms with Crippen LogP contribution in [0.2, 0.25) is 0 Å². The summed E-state index contributed by atoms with van der Waals surface area (Å²) in [5.41, 5.74) is 5.68. The van der Waals surface area contributed by atoms with Gasteiger partial charge in [-0.25, -0.2) is 4.79 Å². The van der Waals surface area contributed by atoms with Gasteiger partial charge < -0.3 is 24.3 Å². The van der Waals surface area contributed by atoms with Crippen molar-refractivity contribution in [1.82, 2.24) is 4.90 Å². The van der Waals surface area contributed by atoms with Crippen molar-refractivity contribution < 1.29 is 23.7 Å². The van der Waals surface area contributed by atoms with Gasteiger partial charge in [-0.05, 0) is 42.8 Å². The highest BCUT2D eigenvalue weighted by Gasteiger charge is 2.44. The van der Waals surface area contributed by atoms with Crippen molar-refractivity contribution in [3.8, 4) is 17.2 Å². The molecule has 0 saturated heterocycles. The third-order valence-electron chi connectivity index (χ3n) is 6.89. The van der Waals surface area contributed by atoms with Crippen molar-refractivity contribution in [2.45, 2.75) is 25.1 Å². The minimum Gasteiger partial charge on any atom is -0.492 e. The zero-order valence-electron chi connectivity index (χ0n) is 19.2. The molecule has 2 unspecified atom stereocenters. The van der Waals surface area contributed by atoms with Crippen LogP contribution in [0.1, 0.15) is 44.8 Å². The average Bonchev–Trinajstić information content (AvgIpc) is 3.46. The second-order valence-electron chi connectivity index (χ2n) is 8.86. The van der Waals surface area contributed by atoms with Crippen molar-refractivity contribution in [3.63, 3.8) is 0 Å². The van der Waals surface area contributed by atoms with E-state index in [2.05, 4.69) is 29.4 Å². The fourth-order valence-electron chi connectivity index (χ4n) is 5.22. The van der Waals surface area contributed by atoms with Gasteiger partial charge in [0.1, 0.15) is 6.10 Å². The van der Waals surface area contributed by atoms with E-state index in [1.54, 1.807) is 7.11 Å². The van der Waals surface area contributed by atoms with Gasteiger partial charge in [0.05, 0.1) is 18.7 Å². The predicted molar refractivity (Wildman–Crippen MR) is 127 cm³/mol. The number of ether oxygens (including phenoxy) is 4. The van der Waals surface area contributed by atoms with Crippen molar-refractivity contribution in [2.24, 2.45) is 0 Å². The Balaban J connectivity index is 1.35. The number of methoxy groups -OCH3 is 1. The molecule has 174 valence electrons. The summed E-state index contributed by atoms with van der Waals surface area (Å²) in [7, 11) is 3.70. The van der Waals surface area contributed by atoms with Crippen molar-refractivity contribution in [3.05, 3.63) is 82.4 Å². The number of esters is 1. The van der Waals surface area contributed by atoms with Crippen LogP contribution in [0.25, 0.3) is 0 Å². The van der Waals surface area contributed by atoms with Gasteiger partial charge in [-0.2, -0.15) is 0 Å². The number of likely N-dealkylation sites (N-methyl/N-ethyl adjacent to an activating group) is 1. The molecule has 2 atom stereocenters. The van der Waals surface area contributed by atoms with E-state index < -0.39 is 6.10 Å². The summed E-state index contributed by atoms with van der Waals surface area (Å²) in [4.78, 5) is 15.2. The molecule has 3 aliphatic heterocycles. The van der Waals surface area contributed by atoms with Gasteiger partial charge in [0.2, 0.25) is 12.5 Å². The lowest BCUT2D eigenvalue weighted by Gasteiger charge is -2.38. The SMILES string of the molecule is COc1c2c(cc3c1C(C1OC(=O)c4cc(NCc5ccccc5)ccc41)N(C)CC3)OCO2. The fraction of sp³-hybridized carbons (Fsp3) is 0.296. The van der Waals surface area contributed by atoms with Crippen molar-refractivity contribution >= 4 is 11.7 Å². The second kappa shape index (κ2) is 8.25. The lowest BCUT2D eigenvalue weighted by Crippen LogP contribution is -2.36. The minimum atomic E-state index is -0.441. The number of fused-ring (bicyclic) bond motifs is 3. The third-order valence-corrected chi connectivity index (χ3v) is 6.89. The molecule has 0 spiro atoms. The molecule has 0 amide bonds. The lowest BCUT2D eigenvalue weighted by molar-refractivity contribution is 0.00882. The molecule has 0 radical (unpaired) electrons. The predicted octanol–water partition coefficient (Wildman–Crippen LogP) is 4.48. The van der Waals surface area contributed by atoms with Gasteiger partial charge in [-0.1, -0.05) is 36.4 Å². The first-order valence-corrected chi connectivity index (χ1v) is 11.5. The maximum absolute atomic E-state index is 13.0. The number of rotatable bonds is 5. The summed E-state index contributed by atoms with van der Waals surface area (Å²) in [6.07, 6.45) is 0.412. The van der Waals surface area contributed by atoms with Crippen LogP contribution in [-0.2, 0) is 17.7 Å². The van der Waals surface area contributed by atoms with E-state index in [0.29, 0.717) is 29.4 Å². The molecule has 3 heterocycles. The highest BCUT2D eigenvalue weighted by Crippen LogP contribution is 2.54. The van der Waals surface area contributed by atoms with Gasteiger partial charge >= 0.3 is 5.97 Å². The Labute approximate surface area is 198 Å². The summed E-state index contributed by atoms with van der Waals surface area (Å²) < 4.78 is 23.2. The van der Waals surface area contributed by atoms with Crippen LogP contribution in [0, 0.1) is 0 Å². The van der Waals surface area contributed by atoms with Gasteiger partial charge in [0.25, 0.3) is 0 Å². The van der Waals surface area contributed by atoms with Crippen LogP contribution in [0.5, 0.6) is 17.2 Å². The molecule has 1 N–H and O–H groups in total. The molecule has 3 aromatic carbocycles. The van der Waals surface area contributed by atoms with Crippen LogP contribution < -0.4 is 19.5 Å². The Morgan fingerprint density at radius 2 is 1.97 bits per heavy atom. The number of benzene rings is 3. The third kappa shape index (κ3) is 3.35. The zero-order valence-corrected chi connectivity index (χ0v) is 19.2. The molecule has 3 aromatic rings. The first-order valence-electron chi connectivity index (χ1n) is 11.5. The Morgan fingerprint density at radius 3 is 2.79 bits per heavy atom.